The maximum absolute atomic E-state index is 12.0. The summed E-state index contributed by atoms with van der Waals surface area (Å²) in [5.74, 6) is -1.23. The standard InChI is InChI=1S/C12H16N4O3/c1-12(2,11(14)18)15-10(17)8-5-3-4-7(6-8)9(13)16-19/h3-6,19H,1-2H3,(H2,13,16)(H2,14,18)(H,15,17). The molecule has 1 aromatic carbocycles. The SMILES string of the molecule is CC(C)(NC(=O)c1cccc(C(N)=NO)c1)C(N)=O. The minimum Gasteiger partial charge on any atom is -0.409 e. The van der Waals surface area contributed by atoms with Gasteiger partial charge in [-0.05, 0) is 26.0 Å². The molecule has 0 saturated carbocycles. The Morgan fingerprint density at radius 1 is 1.26 bits per heavy atom. The number of hydrogen-bond donors (Lipinski definition) is 4. The number of benzene rings is 1. The van der Waals surface area contributed by atoms with Crippen molar-refractivity contribution >= 4 is 17.6 Å². The normalized spacial score (nSPS) is 12.0. The first-order valence-corrected chi connectivity index (χ1v) is 5.48. The second-order valence-corrected chi connectivity index (χ2v) is 4.51. The van der Waals surface area contributed by atoms with Gasteiger partial charge < -0.3 is 22.0 Å². The Kier molecular flexibility index (Phi) is 4.11. The van der Waals surface area contributed by atoms with Gasteiger partial charge in [0.05, 0.1) is 0 Å². The molecule has 0 heterocycles. The fraction of sp³-hybridized carbons (Fsp3) is 0.250. The van der Waals surface area contributed by atoms with E-state index >= 15 is 0 Å². The molecule has 0 aromatic heterocycles. The summed E-state index contributed by atoms with van der Waals surface area (Å²) in [4.78, 5) is 23.1. The summed E-state index contributed by atoms with van der Waals surface area (Å²) >= 11 is 0. The molecule has 7 heteroatoms. The van der Waals surface area contributed by atoms with Crippen molar-refractivity contribution in [2.75, 3.05) is 0 Å². The van der Waals surface area contributed by atoms with Crippen LogP contribution in [0.15, 0.2) is 29.4 Å². The van der Waals surface area contributed by atoms with Crippen molar-refractivity contribution in [3.8, 4) is 0 Å². The van der Waals surface area contributed by atoms with Gasteiger partial charge in [-0.25, -0.2) is 0 Å². The second-order valence-electron chi connectivity index (χ2n) is 4.51. The van der Waals surface area contributed by atoms with Crippen molar-refractivity contribution < 1.29 is 14.8 Å². The van der Waals surface area contributed by atoms with Crippen LogP contribution in [0.4, 0.5) is 0 Å². The van der Waals surface area contributed by atoms with Gasteiger partial charge in [-0.15, -0.1) is 0 Å². The van der Waals surface area contributed by atoms with Crippen LogP contribution in [0, 0.1) is 0 Å². The van der Waals surface area contributed by atoms with Crippen molar-refractivity contribution in [3.63, 3.8) is 0 Å². The Morgan fingerprint density at radius 3 is 2.37 bits per heavy atom. The van der Waals surface area contributed by atoms with Crippen molar-refractivity contribution in [3.05, 3.63) is 35.4 Å². The van der Waals surface area contributed by atoms with Crippen LogP contribution < -0.4 is 16.8 Å². The molecule has 0 fully saturated rings. The van der Waals surface area contributed by atoms with E-state index in [2.05, 4.69) is 10.5 Å². The molecule has 102 valence electrons. The number of amidine groups is 1. The zero-order valence-electron chi connectivity index (χ0n) is 10.7. The number of oxime groups is 1. The van der Waals surface area contributed by atoms with E-state index in [1.54, 1.807) is 18.2 Å². The van der Waals surface area contributed by atoms with Crippen LogP contribution in [0.25, 0.3) is 0 Å². The molecule has 7 nitrogen and oxygen atoms in total. The molecule has 2 amide bonds. The van der Waals surface area contributed by atoms with E-state index in [0.29, 0.717) is 5.56 Å². The zero-order valence-corrected chi connectivity index (χ0v) is 10.7. The second kappa shape index (κ2) is 5.38. The van der Waals surface area contributed by atoms with Crippen molar-refractivity contribution in [2.24, 2.45) is 16.6 Å². The van der Waals surface area contributed by atoms with E-state index in [4.69, 9.17) is 16.7 Å². The predicted octanol–water partition coefficient (Wildman–Crippen LogP) is -0.225. The molecule has 0 aliphatic carbocycles. The minimum absolute atomic E-state index is 0.108. The third-order valence-corrected chi connectivity index (χ3v) is 2.57. The quantitative estimate of drug-likeness (QED) is 0.259. The Morgan fingerprint density at radius 2 is 1.84 bits per heavy atom. The fourth-order valence-electron chi connectivity index (χ4n) is 1.30. The molecule has 0 radical (unpaired) electrons. The maximum Gasteiger partial charge on any atom is 0.252 e. The van der Waals surface area contributed by atoms with E-state index in [9.17, 15) is 9.59 Å². The van der Waals surface area contributed by atoms with Gasteiger partial charge >= 0.3 is 0 Å². The number of carbonyl (C=O) groups excluding carboxylic acids is 2. The minimum atomic E-state index is -1.16. The molecule has 6 N–H and O–H groups in total. The number of nitrogens with zero attached hydrogens (tertiary/aromatic N) is 1. The lowest BCUT2D eigenvalue weighted by Crippen LogP contribution is -2.53. The molecule has 1 aromatic rings. The number of amides is 2. The number of nitrogens with one attached hydrogen (secondary N) is 1. The van der Waals surface area contributed by atoms with Crippen LogP contribution in [-0.2, 0) is 4.79 Å². The van der Waals surface area contributed by atoms with Crippen LogP contribution in [0.5, 0.6) is 0 Å². The van der Waals surface area contributed by atoms with E-state index < -0.39 is 17.4 Å². The summed E-state index contributed by atoms with van der Waals surface area (Å²) in [5, 5.41) is 13.9. The van der Waals surface area contributed by atoms with Crippen LogP contribution >= 0.6 is 0 Å². The number of nitrogens with two attached hydrogens (primary N) is 2. The maximum atomic E-state index is 12.0. The number of hydrogen-bond acceptors (Lipinski definition) is 4. The first kappa shape index (κ1) is 14.5. The molecule has 0 spiro atoms. The third-order valence-electron chi connectivity index (χ3n) is 2.57. The highest BCUT2D eigenvalue weighted by atomic mass is 16.4. The van der Waals surface area contributed by atoms with Crippen molar-refractivity contribution in [1.29, 1.82) is 0 Å². The topological polar surface area (TPSA) is 131 Å². The molecule has 1 rings (SSSR count). The molecule has 0 unspecified atom stereocenters. The largest absolute Gasteiger partial charge is 0.409 e. The smallest absolute Gasteiger partial charge is 0.252 e. The van der Waals surface area contributed by atoms with Gasteiger partial charge in [0.25, 0.3) is 5.91 Å². The lowest BCUT2D eigenvalue weighted by Gasteiger charge is -2.22. The Labute approximate surface area is 110 Å². The molecular formula is C12H16N4O3. The predicted molar refractivity (Wildman–Crippen MR) is 69.7 cm³/mol. The van der Waals surface area contributed by atoms with Gasteiger partial charge in [0, 0.05) is 11.1 Å². The van der Waals surface area contributed by atoms with Crippen molar-refractivity contribution in [2.45, 2.75) is 19.4 Å². The summed E-state index contributed by atoms with van der Waals surface area (Å²) in [6, 6.07) is 6.16. The van der Waals surface area contributed by atoms with E-state index in [-0.39, 0.29) is 11.4 Å². The molecule has 0 aliphatic heterocycles. The summed E-state index contributed by atoms with van der Waals surface area (Å²) in [5.41, 5.74) is 10.1. The van der Waals surface area contributed by atoms with Gasteiger partial charge in [-0.2, -0.15) is 0 Å². The Hall–Kier alpha value is -2.57. The molecule has 0 saturated heterocycles. The van der Waals surface area contributed by atoms with E-state index in [1.165, 1.54) is 19.9 Å². The van der Waals surface area contributed by atoms with Crippen LogP contribution in [0.2, 0.25) is 0 Å². The lowest BCUT2D eigenvalue weighted by molar-refractivity contribution is -0.122. The van der Waals surface area contributed by atoms with E-state index in [1.807, 2.05) is 0 Å². The van der Waals surface area contributed by atoms with Crippen LogP contribution in [-0.4, -0.2) is 28.4 Å². The molecule has 0 bridgehead atoms. The van der Waals surface area contributed by atoms with Gasteiger partial charge in [0.2, 0.25) is 5.91 Å². The first-order valence-electron chi connectivity index (χ1n) is 5.48. The Bertz CT molecular complexity index is 538. The first-order chi connectivity index (χ1) is 8.77. The van der Waals surface area contributed by atoms with Gasteiger partial charge in [-0.1, -0.05) is 17.3 Å². The van der Waals surface area contributed by atoms with Crippen LogP contribution in [0.3, 0.4) is 0 Å². The molecule has 0 atom stereocenters. The molecule has 19 heavy (non-hydrogen) atoms. The number of primary amides is 1. The fourth-order valence-corrected chi connectivity index (χ4v) is 1.30. The lowest BCUT2D eigenvalue weighted by atomic mass is 10.0. The highest BCUT2D eigenvalue weighted by molar-refractivity contribution is 6.02. The number of rotatable bonds is 4. The van der Waals surface area contributed by atoms with E-state index in [0.717, 1.165) is 0 Å². The summed E-state index contributed by atoms with van der Waals surface area (Å²) in [6.45, 7) is 3.00. The van der Waals surface area contributed by atoms with Gasteiger partial charge in [-0.3, -0.25) is 9.59 Å². The highest BCUT2D eigenvalue weighted by Gasteiger charge is 2.27. The molecular weight excluding hydrogens is 248 g/mol. The number of carbonyl (C=O) groups is 2. The van der Waals surface area contributed by atoms with Gasteiger partial charge in [0.15, 0.2) is 5.84 Å². The van der Waals surface area contributed by atoms with Gasteiger partial charge in [0.1, 0.15) is 5.54 Å². The monoisotopic (exact) mass is 264 g/mol. The average Bonchev–Trinajstić information content (AvgIpc) is 2.37. The molecule has 0 aliphatic rings. The van der Waals surface area contributed by atoms with Crippen molar-refractivity contribution in [1.82, 2.24) is 5.32 Å². The highest BCUT2D eigenvalue weighted by Crippen LogP contribution is 2.08. The third kappa shape index (κ3) is 3.44. The zero-order chi connectivity index (χ0) is 14.6. The average molecular weight is 264 g/mol. The summed E-state index contributed by atoms with van der Waals surface area (Å²) in [6.07, 6.45) is 0. The summed E-state index contributed by atoms with van der Waals surface area (Å²) in [7, 11) is 0. The Balaban J connectivity index is 2.99. The van der Waals surface area contributed by atoms with Crippen LogP contribution in [0.1, 0.15) is 29.8 Å². The summed E-state index contributed by atoms with van der Waals surface area (Å²) < 4.78 is 0.